The number of nitrogens with zero attached hydrogens (tertiary/aromatic N) is 3. The number of carbonyl (C=O) groups is 1. The standard InChI is InChI=1S/C12H13BrN4O/c1-6-4-9(12(14)18)5-10(15-6)17-8(3)11(13)7(2)16-17/h4-5H,1-3H3,(H2,14,18). The van der Waals surface area contributed by atoms with E-state index in [-0.39, 0.29) is 0 Å². The van der Waals surface area contributed by atoms with Gasteiger partial charge in [-0.1, -0.05) is 0 Å². The molecule has 94 valence electrons. The Bertz CT molecular complexity index is 633. The van der Waals surface area contributed by atoms with E-state index in [4.69, 9.17) is 5.73 Å². The summed E-state index contributed by atoms with van der Waals surface area (Å²) in [4.78, 5) is 15.6. The van der Waals surface area contributed by atoms with E-state index in [1.807, 2.05) is 20.8 Å². The molecule has 5 nitrogen and oxygen atoms in total. The molecule has 2 aromatic rings. The molecule has 0 saturated heterocycles. The van der Waals surface area contributed by atoms with Crippen molar-refractivity contribution in [1.82, 2.24) is 14.8 Å². The van der Waals surface area contributed by atoms with Crippen molar-refractivity contribution in [2.75, 3.05) is 0 Å². The lowest BCUT2D eigenvalue weighted by molar-refractivity contribution is 0.1000. The summed E-state index contributed by atoms with van der Waals surface area (Å²) in [7, 11) is 0. The van der Waals surface area contributed by atoms with Gasteiger partial charge in [-0.25, -0.2) is 9.67 Å². The van der Waals surface area contributed by atoms with Crippen LogP contribution in [0.3, 0.4) is 0 Å². The van der Waals surface area contributed by atoms with Crippen molar-refractivity contribution in [2.45, 2.75) is 20.8 Å². The average Bonchev–Trinajstić information content (AvgIpc) is 2.56. The number of rotatable bonds is 2. The van der Waals surface area contributed by atoms with Crippen LogP contribution in [0.2, 0.25) is 0 Å². The summed E-state index contributed by atoms with van der Waals surface area (Å²) in [5, 5.41) is 4.38. The van der Waals surface area contributed by atoms with E-state index in [1.165, 1.54) is 0 Å². The number of pyridine rings is 1. The van der Waals surface area contributed by atoms with E-state index < -0.39 is 5.91 Å². The van der Waals surface area contributed by atoms with Crippen LogP contribution < -0.4 is 5.73 Å². The SMILES string of the molecule is Cc1cc(C(N)=O)cc(-n2nc(C)c(Br)c2C)n1. The Hall–Kier alpha value is -1.69. The minimum Gasteiger partial charge on any atom is -0.366 e. The smallest absolute Gasteiger partial charge is 0.248 e. The van der Waals surface area contributed by atoms with Gasteiger partial charge in [0, 0.05) is 11.3 Å². The highest BCUT2D eigenvalue weighted by molar-refractivity contribution is 9.10. The van der Waals surface area contributed by atoms with Gasteiger partial charge in [0.1, 0.15) is 0 Å². The van der Waals surface area contributed by atoms with Crippen LogP contribution in [0.15, 0.2) is 16.6 Å². The highest BCUT2D eigenvalue weighted by Gasteiger charge is 2.13. The molecule has 1 amide bonds. The Balaban J connectivity index is 2.63. The summed E-state index contributed by atoms with van der Waals surface area (Å²) in [5.74, 6) is 0.123. The number of amides is 1. The number of aromatic nitrogens is 3. The van der Waals surface area contributed by atoms with Crippen molar-refractivity contribution in [3.8, 4) is 5.82 Å². The zero-order valence-corrected chi connectivity index (χ0v) is 11.9. The lowest BCUT2D eigenvalue weighted by Gasteiger charge is -2.06. The lowest BCUT2D eigenvalue weighted by atomic mass is 10.2. The minimum absolute atomic E-state index is 0.432. The third-order valence-corrected chi connectivity index (χ3v) is 3.79. The third kappa shape index (κ3) is 2.15. The second-order valence-electron chi connectivity index (χ2n) is 4.12. The first kappa shape index (κ1) is 12.8. The molecule has 18 heavy (non-hydrogen) atoms. The van der Waals surface area contributed by atoms with E-state index in [0.717, 1.165) is 21.6 Å². The fourth-order valence-corrected chi connectivity index (χ4v) is 2.00. The average molecular weight is 309 g/mol. The van der Waals surface area contributed by atoms with E-state index in [2.05, 4.69) is 26.0 Å². The molecule has 0 saturated carbocycles. The van der Waals surface area contributed by atoms with E-state index in [0.29, 0.717) is 11.4 Å². The first-order valence-electron chi connectivity index (χ1n) is 5.40. The monoisotopic (exact) mass is 308 g/mol. The number of hydrogen-bond donors (Lipinski definition) is 1. The van der Waals surface area contributed by atoms with Gasteiger partial charge in [-0.3, -0.25) is 4.79 Å². The number of primary amides is 1. The maximum absolute atomic E-state index is 11.2. The Morgan fingerprint density at radius 1 is 1.33 bits per heavy atom. The maximum Gasteiger partial charge on any atom is 0.248 e. The first-order chi connectivity index (χ1) is 8.40. The second kappa shape index (κ2) is 4.53. The normalized spacial score (nSPS) is 10.7. The Morgan fingerprint density at radius 2 is 2.00 bits per heavy atom. The second-order valence-corrected chi connectivity index (χ2v) is 4.91. The molecule has 0 aliphatic heterocycles. The zero-order valence-electron chi connectivity index (χ0n) is 10.4. The van der Waals surface area contributed by atoms with Gasteiger partial charge in [-0.2, -0.15) is 5.10 Å². The number of hydrogen-bond acceptors (Lipinski definition) is 3. The van der Waals surface area contributed by atoms with Crippen molar-refractivity contribution in [3.63, 3.8) is 0 Å². The number of carbonyl (C=O) groups excluding carboxylic acids is 1. The quantitative estimate of drug-likeness (QED) is 0.922. The highest BCUT2D eigenvalue weighted by atomic mass is 79.9. The molecule has 2 N–H and O–H groups in total. The Morgan fingerprint density at radius 3 is 2.50 bits per heavy atom. The summed E-state index contributed by atoms with van der Waals surface area (Å²) in [6.07, 6.45) is 0. The van der Waals surface area contributed by atoms with Crippen molar-refractivity contribution in [1.29, 1.82) is 0 Å². The van der Waals surface area contributed by atoms with E-state index >= 15 is 0 Å². The molecule has 0 atom stereocenters. The maximum atomic E-state index is 11.2. The highest BCUT2D eigenvalue weighted by Crippen LogP contribution is 2.22. The molecular formula is C12H13BrN4O. The van der Waals surface area contributed by atoms with Crippen LogP contribution in [0, 0.1) is 20.8 Å². The van der Waals surface area contributed by atoms with Crippen LogP contribution in [0.1, 0.15) is 27.4 Å². The van der Waals surface area contributed by atoms with Crippen LogP contribution in [0.4, 0.5) is 0 Å². The molecule has 6 heteroatoms. The topological polar surface area (TPSA) is 73.8 Å². The molecule has 0 spiro atoms. The predicted molar refractivity (Wildman–Crippen MR) is 71.8 cm³/mol. The summed E-state index contributed by atoms with van der Waals surface area (Å²) in [5.41, 5.74) is 8.26. The summed E-state index contributed by atoms with van der Waals surface area (Å²) < 4.78 is 2.63. The summed E-state index contributed by atoms with van der Waals surface area (Å²) >= 11 is 3.46. The molecule has 0 bridgehead atoms. The number of nitrogens with two attached hydrogens (primary N) is 1. The molecule has 2 rings (SSSR count). The molecule has 0 aromatic carbocycles. The Labute approximate surface area is 113 Å². The molecule has 2 aromatic heterocycles. The molecule has 0 aliphatic rings. The van der Waals surface area contributed by atoms with Crippen molar-refractivity contribution in [2.24, 2.45) is 5.73 Å². The number of aryl methyl sites for hydroxylation is 2. The minimum atomic E-state index is -0.470. The van der Waals surface area contributed by atoms with Gasteiger partial charge >= 0.3 is 0 Å². The van der Waals surface area contributed by atoms with Crippen molar-refractivity contribution >= 4 is 21.8 Å². The summed E-state index contributed by atoms with van der Waals surface area (Å²) in [6, 6.07) is 3.30. The zero-order chi connectivity index (χ0) is 13.4. The van der Waals surface area contributed by atoms with Gasteiger partial charge in [0.05, 0.1) is 15.9 Å². The van der Waals surface area contributed by atoms with Crippen LogP contribution in [-0.2, 0) is 0 Å². The third-order valence-electron chi connectivity index (χ3n) is 2.64. The van der Waals surface area contributed by atoms with Gasteiger partial charge in [0.25, 0.3) is 0 Å². The molecular weight excluding hydrogens is 296 g/mol. The molecule has 0 radical (unpaired) electrons. The predicted octanol–water partition coefficient (Wildman–Crippen LogP) is 2.05. The van der Waals surface area contributed by atoms with Gasteiger partial charge in [0.15, 0.2) is 5.82 Å². The lowest BCUT2D eigenvalue weighted by Crippen LogP contribution is -2.13. The number of halogens is 1. The fourth-order valence-electron chi connectivity index (χ4n) is 1.75. The molecule has 0 aliphatic carbocycles. The van der Waals surface area contributed by atoms with Crippen LogP contribution in [-0.4, -0.2) is 20.7 Å². The molecule has 2 heterocycles. The van der Waals surface area contributed by atoms with Crippen molar-refractivity contribution in [3.05, 3.63) is 39.3 Å². The Kier molecular flexibility index (Phi) is 3.21. The van der Waals surface area contributed by atoms with Crippen LogP contribution in [0.25, 0.3) is 5.82 Å². The molecule has 0 fully saturated rings. The van der Waals surface area contributed by atoms with Gasteiger partial charge in [-0.15, -0.1) is 0 Å². The summed E-state index contributed by atoms with van der Waals surface area (Å²) in [6.45, 7) is 5.65. The first-order valence-corrected chi connectivity index (χ1v) is 6.20. The fraction of sp³-hybridized carbons (Fsp3) is 0.250. The van der Waals surface area contributed by atoms with Crippen molar-refractivity contribution < 1.29 is 4.79 Å². The van der Waals surface area contributed by atoms with E-state index in [9.17, 15) is 4.79 Å². The molecule has 0 unspecified atom stereocenters. The van der Waals surface area contributed by atoms with Gasteiger partial charge in [-0.05, 0) is 48.8 Å². The van der Waals surface area contributed by atoms with Crippen LogP contribution >= 0.6 is 15.9 Å². The van der Waals surface area contributed by atoms with Gasteiger partial charge in [0.2, 0.25) is 5.91 Å². The van der Waals surface area contributed by atoms with E-state index in [1.54, 1.807) is 16.8 Å². The largest absolute Gasteiger partial charge is 0.366 e. The van der Waals surface area contributed by atoms with Gasteiger partial charge < -0.3 is 5.73 Å². The van der Waals surface area contributed by atoms with Crippen LogP contribution in [0.5, 0.6) is 0 Å².